The smallest absolute Gasteiger partial charge is 0.328 e. The Morgan fingerprint density at radius 2 is 1.86 bits per heavy atom. The average Bonchev–Trinajstić information content (AvgIpc) is 2.44. The highest BCUT2D eigenvalue weighted by Gasteiger charge is 2.22. The van der Waals surface area contributed by atoms with Crippen LogP contribution in [-0.2, 0) is 20.7 Å². The molecule has 21 heavy (non-hydrogen) atoms. The predicted molar refractivity (Wildman–Crippen MR) is 96.1 cm³/mol. The van der Waals surface area contributed by atoms with Gasteiger partial charge in [-0.3, -0.25) is 4.79 Å². The monoisotopic (exact) mass is 517 g/mol. The van der Waals surface area contributed by atoms with Gasteiger partial charge in [0.05, 0.1) is 13.7 Å². The summed E-state index contributed by atoms with van der Waals surface area (Å²) in [6.07, 6.45) is 0.636. The summed E-state index contributed by atoms with van der Waals surface area (Å²) in [6, 6.07) is 2.87. The van der Waals surface area contributed by atoms with Crippen molar-refractivity contribution in [3.8, 4) is 5.75 Å². The van der Waals surface area contributed by atoms with E-state index in [1.165, 1.54) is 0 Å². The van der Waals surface area contributed by atoms with Gasteiger partial charge >= 0.3 is 5.97 Å². The molecule has 1 rings (SSSR count). The van der Waals surface area contributed by atoms with E-state index in [2.05, 4.69) is 5.32 Å². The van der Waals surface area contributed by atoms with Gasteiger partial charge in [0.2, 0.25) is 5.91 Å². The van der Waals surface area contributed by atoms with Gasteiger partial charge in [-0.05, 0) is 69.8 Å². The molecule has 1 amide bonds. The van der Waals surface area contributed by atoms with E-state index in [1.54, 1.807) is 26.0 Å². The Balaban J connectivity index is 2.94. The molecule has 0 radical (unpaired) electrons. The topological polar surface area (TPSA) is 75.6 Å². The van der Waals surface area contributed by atoms with Crippen LogP contribution in [0.1, 0.15) is 25.8 Å². The van der Waals surface area contributed by atoms with Crippen molar-refractivity contribution in [2.75, 3.05) is 6.61 Å². The number of carbonyl (C=O) groups excluding carboxylic acids is 2. The lowest BCUT2D eigenvalue weighted by atomic mass is 10.1. The van der Waals surface area contributed by atoms with Crippen molar-refractivity contribution in [2.45, 2.75) is 32.7 Å². The molecule has 0 fully saturated rings. The molecule has 1 aromatic carbocycles. The highest BCUT2D eigenvalue weighted by Crippen LogP contribution is 2.27. The van der Waals surface area contributed by atoms with Gasteiger partial charge in [0.15, 0.2) is 0 Å². The number of rotatable bonds is 6. The molecule has 0 bridgehead atoms. The van der Waals surface area contributed by atoms with Crippen molar-refractivity contribution < 1.29 is 19.4 Å². The first-order valence-electron chi connectivity index (χ1n) is 6.51. The molecule has 0 heterocycles. The number of halogens is 2. The fourth-order valence-corrected chi connectivity index (χ4v) is 3.60. The van der Waals surface area contributed by atoms with Gasteiger partial charge in [-0.15, -0.1) is 0 Å². The second-order valence-corrected chi connectivity index (χ2v) is 6.66. The van der Waals surface area contributed by atoms with Gasteiger partial charge < -0.3 is 15.2 Å². The van der Waals surface area contributed by atoms with Crippen LogP contribution in [0.3, 0.4) is 0 Å². The standard InChI is InChI=1S/C14H17I2NO4/c1-3-12(18)17-11(14(20)21-4-2)7-8-5-9(15)13(19)10(16)6-8/h5-6,11,19H,3-4,7H2,1-2H3,(H,17,18)/t11-/m1/s1. The molecule has 1 atom stereocenters. The minimum Gasteiger partial charge on any atom is -0.506 e. The van der Waals surface area contributed by atoms with Crippen LogP contribution >= 0.6 is 45.2 Å². The Kier molecular flexibility index (Phi) is 7.71. The van der Waals surface area contributed by atoms with E-state index in [1.807, 2.05) is 45.2 Å². The average molecular weight is 517 g/mol. The third-order valence-corrected chi connectivity index (χ3v) is 4.39. The number of ether oxygens (including phenoxy) is 1. The Morgan fingerprint density at radius 1 is 1.29 bits per heavy atom. The number of aromatic hydroxyl groups is 1. The lowest BCUT2D eigenvalue weighted by Crippen LogP contribution is -2.43. The first-order valence-corrected chi connectivity index (χ1v) is 8.67. The highest BCUT2D eigenvalue weighted by atomic mass is 127. The summed E-state index contributed by atoms with van der Waals surface area (Å²) in [4.78, 5) is 23.5. The summed E-state index contributed by atoms with van der Waals surface area (Å²) in [5.74, 6) is -0.418. The van der Waals surface area contributed by atoms with Crippen molar-refractivity contribution in [3.05, 3.63) is 24.8 Å². The van der Waals surface area contributed by atoms with Gasteiger partial charge in [0.25, 0.3) is 0 Å². The predicted octanol–water partition coefficient (Wildman–Crippen LogP) is 2.60. The molecule has 0 saturated carbocycles. The second kappa shape index (κ2) is 8.76. The lowest BCUT2D eigenvalue weighted by Gasteiger charge is -2.17. The number of phenolic OH excluding ortho intramolecular Hbond substituents is 1. The van der Waals surface area contributed by atoms with Gasteiger partial charge in [-0.25, -0.2) is 4.79 Å². The normalized spacial score (nSPS) is 11.8. The number of benzene rings is 1. The van der Waals surface area contributed by atoms with Crippen molar-refractivity contribution in [1.82, 2.24) is 5.32 Å². The number of amides is 1. The molecular weight excluding hydrogens is 500 g/mol. The molecule has 0 spiro atoms. The number of nitrogens with one attached hydrogen (secondary N) is 1. The molecule has 0 aromatic heterocycles. The minimum atomic E-state index is -0.714. The van der Waals surface area contributed by atoms with Crippen molar-refractivity contribution in [1.29, 1.82) is 0 Å². The summed E-state index contributed by atoms with van der Waals surface area (Å²) in [5, 5.41) is 12.4. The molecule has 0 saturated heterocycles. The fourth-order valence-electron chi connectivity index (χ4n) is 1.70. The van der Waals surface area contributed by atoms with Crippen LogP contribution in [0.4, 0.5) is 0 Å². The molecule has 116 valence electrons. The number of hydrogen-bond donors (Lipinski definition) is 2. The third-order valence-electron chi connectivity index (χ3n) is 2.74. The summed E-state index contributed by atoms with van der Waals surface area (Å²) in [5.41, 5.74) is 0.857. The highest BCUT2D eigenvalue weighted by molar-refractivity contribution is 14.1. The molecule has 2 N–H and O–H groups in total. The molecule has 0 unspecified atom stereocenters. The molecular formula is C14H17I2NO4. The maximum atomic E-state index is 11.9. The van der Waals surface area contributed by atoms with Crippen LogP contribution in [0.15, 0.2) is 12.1 Å². The largest absolute Gasteiger partial charge is 0.506 e. The molecule has 1 aromatic rings. The Labute approximate surface area is 151 Å². The summed E-state index contributed by atoms with van der Waals surface area (Å²) in [7, 11) is 0. The molecule has 0 aliphatic heterocycles. The lowest BCUT2D eigenvalue weighted by molar-refractivity contribution is -0.147. The minimum absolute atomic E-state index is 0.198. The van der Waals surface area contributed by atoms with E-state index in [0.29, 0.717) is 20.0 Å². The number of phenols is 1. The Hall–Kier alpha value is -0.580. The summed E-state index contributed by atoms with van der Waals surface area (Å²) >= 11 is 4.06. The van der Waals surface area contributed by atoms with Gasteiger partial charge in [0, 0.05) is 12.8 Å². The van der Waals surface area contributed by atoms with E-state index < -0.39 is 12.0 Å². The Morgan fingerprint density at radius 3 is 2.33 bits per heavy atom. The third kappa shape index (κ3) is 5.61. The Bertz CT molecular complexity index is 511. The van der Waals surface area contributed by atoms with Crippen molar-refractivity contribution in [3.63, 3.8) is 0 Å². The summed E-state index contributed by atoms with van der Waals surface area (Å²) in [6.45, 7) is 3.72. The van der Waals surface area contributed by atoms with Crippen molar-refractivity contribution >= 4 is 57.1 Å². The van der Waals surface area contributed by atoms with E-state index in [-0.39, 0.29) is 18.3 Å². The van der Waals surface area contributed by atoms with Crippen LogP contribution in [0.5, 0.6) is 5.75 Å². The maximum absolute atomic E-state index is 11.9. The van der Waals surface area contributed by atoms with Crippen LogP contribution in [0.25, 0.3) is 0 Å². The quantitative estimate of drug-likeness (QED) is 0.450. The zero-order valence-corrected chi connectivity index (χ0v) is 16.1. The maximum Gasteiger partial charge on any atom is 0.328 e. The first kappa shape index (κ1) is 18.5. The molecule has 5 nitrogen and oxygen atoms in total. The molecule has 0 aliphatic carbocycles. The zero-order chi connectivity index (χ0) is 16.0. The van der Waals surface area contributed by atoms with Crippen LogP contribution in [-0.4, -0.2) is 29.6 Å². The fraction of sp³-hybridized carbons (Fsp3) is 0.429. The van der Waals surface area contributed by atoms with Crippen LogP contribution < -0.4 is 5.32 Å². The van der Waals surface area contributed by atoms with E-state index in [9.17, 15) is 14.7 Å². The summed E-state index contributed by atoms with van der Waals surface area (Å²) < 4.78 is 6.41. The number of esters is 1. The number of hydrogen-bond acceptors (Lipinski definition) is 4. The molecule has 7 heteroatoms. The van der Waals surface area contributed by atoms with E-state index in [0.717, 1.165) is 5.56 Å². The van der Waals surface area contributed by atoms with Gasteiger partial charge in [-0.1, -0.05) is 6.92 Å². The van der Waals surface area contributed by atoms with E-state index in [4.69, 9.17) is 4.74 Å². The van der Waals surface area contributed by atoms with Crippen LogP contribution in [0.2, 0.25) is 0 Å². The second-order valence-electron chi connectivity index (χ2n) is 4.34. The van der Waals surface area contributed by atoms with Crippen LogP contribution in [0, 0.1) is 7.14 Å². The van der Waals surface area contributed by atoms with E-state index >= 15 is 0 Å². The zero-order valence-electron chi connectivity index (χ0n) is 11.8. The first-order chi connectivity index (χ1) is 9.88. The van der Waals surface area contributed by atoms with Gasteiger partial charge in [-0.2, -0.15) is 0 Å². The molecule has 0 aliphatic rings. The van der Waals surface area contributed by atoms with Crippen molar-refractivity contribution in [2.24, 2.45) is 0 Å². The van der Waals surface area contributed by atoms with Gasteiger partial charge in [0.1, 0.15) is 11.8 Å². The SMILES string of the molecule is CCOC(=O)[C@@H](Cc1cc(I)c(O)c(I)c1)NC(=O)CC. The number of carbonyl (C=O) groups is 2.